The highest BCUT2D eigenvalue weighted by Crippen LogP contribution is 2.74. The van der Waals surface area contributed by atoms with Gasteiger partial charge in [-0.15, -0.1) is 0 Å². The van der Waals surface area contributed by atoms with Crippen LogP contribution in [0.25, 0.3) is 33.2 Å². The molecule has 0 saturated heterocycles. The Balaban J connectivity index is 1.42. The highest BCUT2D eigenvalue weighted by Gasteiger charge is 2.74. The van der Waals surface area contributed by atoms with Crippen LogP contribution in [0.1, 0.15) is 38.8 Å². The van der Waals surface area contributed by atoms with E-state index in [0.29, 0.717) is 0 Å². The van der Waals surface area contributed by atoms with Gasteiger partial charge in [0.15, 0.2) is 5.78 Å². The van der Waals surface area contributed by atoms with Gasteiger partial charge in [-0.1, -0.05) is 84.9 Å². The Labute approximate surface area is 220 Å². The van der Waals surface area contributed by atoms with Crippen molar-refractivity contribution in [2.75, 3.05) is 0 Å². The fourth-order valence-electron chi connectivity index (χ4n) is 6.64. The summed E-state index contributed by atoms with van der Waals surface area (Å²) >= 11 is 0. The zero-order valence-corrected chi connectivity index (χ0v) is 20.8. The fourth-order valence-corrected chi connectivity index (χ4v) is 6.64. The first-order chi connectivity index (χ1) is 18.7. The Morgan fingerprint density at radius 1 is 0.711 bits per heavy atom. The summed E-state index contributed by atoms with van der Waals surface area (Å²) in [7, 11) is 0. The van der Waals surface area contributed by atoms with Gasteiger partial charge in [0.25, 0.3) is 0 Å². The molecule has 4 heteroatoms. The first kappa shape index (κ1) is 21.4. The van der Waals surface area contributed by atoms with E-state index in [-0.39, 0.29) is 17.6 Å². The number of Topliss-reactive ketones (excluding diaryl/α,β-unsaturated/α-hetero) is 1. The Hall–Kier alpha value is -4.70. The van der Waals surface area contributed by atoms with Crippen molar-refractivity contribution in [3.63, 3.8) is 0 Å². The fraction of sp³-hybridized carbons (Fsp3) is 0.118. The average molecular weight is 490 g/mol. The van der Waals surface area contributed by atoms with E-state index < -0.39 is 5.41 Å². The van der Waals surface area contributed by atoms with Crippen LogP contribution in [0.2, 0.25) is 0 Å². The van der Waals surface area contributed by atoms with Crippen LogP contribution in [0.15, 0.2) is 109 Å². The maximum atomic E-state index is 14.3. The predicted octanol–water partition coefficient (Wildman–Crippen LogP) is 7.05. The molecule has 2 aliphatic rings. The molecule has 0 N–H and O–H groups in total. The van der Waals surface area contributed by atoms with Gasteiger partial charge < -0.3 is 0 Å². The number of nitrogens with zero attached hydrogens (tertiary/aromatic N) is 3. The van der Waals surface area contributed by atoms with E-state index in [4.69, 9.17) is 15.0 Å². The van der Waals surface area contributed by atoms with Crippen LogP contribution in [0, 0.1) is 12.8 Å². The van der Waals surface area contributed by atoms with Crippen LogP contribution in [-0.4, -0.2) is 20.7 Å². The molecule has 0 bridgehead atoms. The number of rotatable bonds is 3. The van der Waals surface area contributed by atoms with Gasteiger partial charge in [0.1, 0.15) is 0 Å². The minimum atomic E-state index is -0.611. The van der Waals surface area contributed by atoms with Gasteiger partial charge in [-0.25, -0.2) is 9.97 Å². The lowest BCUT2D eigenvalue weighted by Gasteiger charge is -2.14. The van der Waals surface area contributed by atoms with E-state index in [1.807, 2.05) is 60.7 Å². The molecule has 8 rings (SSSR count). The second-order valence-electron chi connectivity index (χ2n) is 10.4. The smallest absolute Gasteiger partial charge is 0.167 e. The predicted molar refractivity (Wildman–Crippen MR) is 149 cm³/mol. The van der Waals surface area contributed by atoms with Gasteiger partial charge in [0.2, 0.25) is 0 Å². The van der Waals surface area contributed by atoms with Crippen molar-refractivity contribution < 1.29 is 4.79 Å². The minimum Gasteiger partial charge on any atom is -0.294 e. The molecule has 1 fully saturated rings. The Morgan fingerprint density at radius 3 is 2.39 bits per heavy atom. The zero-order valence-electron chi connectivity index (χ0n) is 20.8. The van der Waals surface area contributed by atoms with Crippen molar-refractivity contribution in [2.24, 2.45) is 5.92 Å². The number of aromatic nitrogens is 3. The van der Waals surface area contributed by atoms with E-state index in [1.54, 1.807) is 0 Å². The van der Waals surface area contributed by atoms with Gasteiger partial charge in [-0.05, 0) is 42.3 Å². The van der Waals surface area contributed by atoms with Crippen LogP contribution >= 0.6 is 0 Å². The van der Waals surface area contributed by atoms with Crippen molar-refractivity contribution in [3.05, 3.63) is 137 Å². The van der Waals surface area contributed by atoms with Gasteiger partial charge in [-0.3, -0.25) is 9.78 Å². The van der Waals surface area contributed by atoms with E-state index in [0.717, 1.165) is 61.3 Å². The summed E-state index contributed by atoms with van der Waals surface area (Å²) < 4.78 is 0. The molecular formula is C34H23N3O. The second-order valence-corrected chi connectivity index (χ2v) is 10.4. The van der Waals surface area contributed by atoms with Gasteiger partial charge in [-0.2, -0.15) is 0 Å². The monoisotopic (exact) mass is 489 g/mol. The van der Waals surface area contributed by atoms with E-state index in [9.17, 15) is 4.79 Å². The summed E-state index contributed by atoms with van der Waals surface area (Å²) in [4.78, 5) is 29.8. The number of hydrogen-bond donors (Lipinski definition) is 0. The van der Waals surface area contributed by atoms with Crippen molar-refractivity contribution in [1.29, 1.82) is 0 Å². The number of carbonyl (C=O) groups excluding carboxylic acids is 1. The lowest BCUT2D eigenvalue weighted by Crippen LogP contribution is -2.16. The van der Waals surface area contributed by atoms with Crippen LogP contribution < -0.4 is 0 Å². The molecule has 4 nitrogen and oxygen atoms in total. The highest BCUT2D eigenvalue weighted by molar-refractivity contribution is 6.05. The number of carbonyl (C=O) groups is 1. The molecule has 4 aromatic carbocycles. The highest BCUT2D eigenvalue weighted by atomic mass is 16.1. The zero-order chi connectivity index (χ0) is 25.4. The van der Waals surface area contributed by atoms with Crippen molar-refractivity contribution in [2.45, 2.75) is 18.3 Å². The molecule has 2 aliphatic carbocycles. The van der Waals surface area contributed by atoms with Crippen LogP contribution in [0.5, 0.6) is 0 Å². The Morgan fingerprint density at radius 2 is 1.50 bits per heavy atom. The summed E-state index contributed by atoms with van der Waals surface area (Å²) in [5.41, 5.74) is 8.80. The number of ketones is 1. The average Bonchev–Trinajstić information content (AvgIpc) is 3.59. The molecule has 38 heavy (non-hydrogen) atoms. The van der Waals surface area contributed by atoms with E-state index in [2.05, 4.69) is 55.5 Å². The lowest BCUT2D eigenvalue weighted by atomic mass is 9.89. The van der Waals surface area contributed by atoms with Crippen LogP contribution in [-0.2, 0) is 5.41 Å². The number of pyridine rings is 1. The summed E-state index contributed by atoms with van der Waals surface area (Å²) in [6.07, 6.45) is 0. The largest absolute Gasteiger partial charge is 0.294 e. The topological polar surface area (TPSA) is 55.7 Å². The van der Waals surface area contributed by atoms with E-state index >= 15 is 0 Å². The van der Waals surface area contributed by atoms with Gasteiger partial charge in [0, 0.05) is 34.0 Å². The Kier molecular flexibility index (Phi) is 4.31. The molecule has 180 valence electrons. The van der Waals surface area contributed by atoms with Crippen LogP contribution in [0.3, 0.4) is 0 Å². The SMILES string of the molecule is Cc1ccc2nc3c(nc2c1)-c1ccccc1[C@]31[C@H](C(=O)c2ccccc2)[C@H]1c1ccc2ccccc2n1. The third-order valence-electron chi connectivity index (χ3n) is 8.32. The number of hydrogen-bond acceptors (Lipinski definition) is 4. The molecule has 0 unspecified atom stereocenters. The van der Waals surface area contributed by atoms with Gasteiger partial charge >= 0.3 is 0 Å². The third-order valence-corrected chi connectivity index (χ3v) is 8.32. The summed E-state index contributed by atoms with van der Waals surface area (Å²) in [5, 5.41) is 1.09. The molecule has 2 aromatic heterocycles. The number of aryl methyl sites for hydroxylation is 1. The first-order valence-corrected chi connectivity index (χ1v) is 13.0. The molecule has 1 spiro atoms. The Bertz CT molecular complexity index is 1930. The molecule has 2 heterocycles. The lowest BCUT2D eigenvalue weighted by molar-refractivity contribution is 0.0958. The maximum Gasteiger partial charge on any atom is 0.167 e. The van der Waals surface area contributed by atoms with Gasteiger partial charge in [0.05, 0.1) is 33.4 Å². The van der Waals surface area contributed by atoms with E-state index in [1.165, 1.54) is 0 Å². The van der Waals surface area contributed by atoms with Crippen molar-refractivity contribution in [3.8, 4) is 11.3 Å². The maximum absolute atomic E-state index is 14.3. The molecule has 0 radical (unpaired) electrons. The molecule has 6 aromatic rings. The normalized spacial score (nSPS) is 21.0. The number of para-hydroxylation sites is 1. The summed E-state index contributed by atoms with van der Waals surface area (Å²) in [5.74, 6) is -0.336. The molecule has 0 amide bonds. The third kappa shape index (κ3) is 2.80. The molecule has 1 saturated carbocycles. The standard InChI is InChI=1S/C34H23N3O/c1-20-15-17-26-28(19-20)36-31-23-12-6-7-13-24(23)34(33(31)37-26)29(30(34)32(38)22-10-3-2-4-11-22)27-18-16-21-9-5-8-14-25(21)35-27/h2-19,29-30H,1H3/t29-,30+,34+/m1/s1. The first-order valence-electron chi connectivity index (χ1n) is 13.0. The number of benzene rings is 4. The molecular weight excluding hydrogens is 466 g/mol. The van der Waals surface area contributed by atoms with Crippen molar-refractivity contribution in [1.82, 2.24) is 15.0 Å². The molecule has 0 aliphatic heterocycles. The summed E-state index contributed by atoms with van der Waals surface area (Å²) in [6, 6.07) is 36.5. The minimum absolute atomic E-state index is 0.124. The number of fused-ring (bicyclic) bond motifs is 7. The van der Waals surface area contributed by atoms with Crippen LogP contribution in [0.4, 0.5) is 0 Å². The second kappa shape index (κ2) is 7.65. The van der Waals surface area contributed by atoms with Crippen molar-refractivity contribution >= 4 is 27.7 Å². The summed E-state index contributed by atoms with van der Waals surface area (Å²) in [6.45, 7) is 2.07. The quantitative estimate of drug-likeness (QED) is 0.250. The molecule has 3 atom stereocenters.